The molecule has 1 saturated heterocycles. The van der Waals surface area contributed by atoms with Gasteiger partial charge in [-0.15, -0.1) is 0 Å². The molecule has 0 atom stereocenters. The van der Waals surface area contributed by atoms with Gasteiger partial charge >= 0.3 is 0 Å². The van der Waals surface area contributed by atoms with Gasteiger partial charge in [0.15, 0.2) is 5.13 Å². The number of rotatable bonds is 5. The minimum atomic E-state index is -0.510. The second kappa shape index (κ2) is 8.63. The third-order valence-corrected chi connectivity index (χ3v) is 7.06. The van der Waals surface area contributed by atoms with E-state index in [0.717, 1.165) is 49.3 Å². The summed E-state index contributed by atoms with van der Waals surface area (Å²) in [7, 11) is 2.16. The van der Waals surface area contributed by atoms with E-state index in [1.54, 1.807) is 18.5 Å². The van der Waals surface area contributed by atoms with E-state index in [-0.39, 0.29) is 0 Å². The van der Waals surface area contributed by atoms with Gasteiger partial charge in [0.05, 0.1) is 16.7 Å². The molecule has 0 saturated carbocycles. The molecule has 2 aromatic carbocycles. The molecule has 2 N–H and O–H groups in total. The number of amides is 1. The van der Waals surface area contributed by atoms with Crippen molar-refractivity contribution in [1.82, 2.24) is 24.3 Å². The number of carbonyl (C=O) groups is 1. The topological polar surface area (TPSA) is 80.3 Å². The molecule has 1 amide bonds. The first-order valence-corrected chi connectivity index (χ1v) is 11.6. The van der Waals surface area contributed by atoms with Crippen LogP contribution >= 0.6 is 22.9 Å². The van der Waals surface area contributed by atoms with Gasteiger partial charge in [-0.05, 0) is 36.9 Å². The van der Waals surface area contributed by atoms with Crippen LogP contribution in [0.2, 0.25) is 5.02 Å². The van der Waals surface area contributed by atoms with Crippen LogP contribution in [0.4, 0.5) is 0 Å². The Morgan fingerprint density at radius 3 is 2.72 bits per heavy atom. The molecule has 0 bridgehead atoms. The zero-order valence-electron chi connectivity index (χ0n) is 17.7. The number of aromatic nitrogens is 3. The number of nitrogens with two attached hydrogens (primary N) is 1. The van der Waals surface area contributed by atoms with Gasteiger partial charge in [-0.1, -0.05) is 41.1 Å². The number of hydrogen-bond donors (Lipinski definition) is 1. The van der Waals surface area contributed by atoms with Gasteiger partial charge in [0.25, 0.3) is 5.91 Å². The molecule has 5 rings (SSSR count). The molecular formula is C23H23ClN6OS. The fraction of sp³-hybridized carbons (Fsp3) is 0.261. The van der Waals surface area contributed by atoms with E-state index in [2.05, 4.69) is 34.0 Å². The summed E-state index contributed by atoms with van der Waals surface area (Å²) < 4.78 is 1.92. The molecule has 7 nitrogen and oxygen atoms in total. The lowest BCUT2D eigenvalue weighted by atomic mass is 10.1. The number of piperazine rings is 1. The van der Waals surface area contributed by atoms with Crippen LogP contribution in [-0.2, 0) is 6.54 Å². The first-order chi connectivity index (χ1) is 15.5. The van der Waals surface area contributed by atoms with Crippen molar-refractivity contribution in [3.63, 3.8) is 0 Å². The van der Waals surface area contributed by atoms with E-state index in [1.165, 1.54) is 16.9 Å². The molecule has 3 heterocycles. The maximum absolute atomic E-state index is 12.2. The zero-order chi connectivity index (χ0) is 22.2. The maximum atomic E-state index is 12.2. The Hall–Kier alpha value is -2.78. The van der Waals surface area contributed by atoms with E-state index in [9.17, 15) is 4.79 Å². The lowest BCUT2D eigenvalue weighted by Gasteiger charge is -2.32. The minimum absolute atomic E-state index is 0.401. The van der Waals surface area contributed by atoms with Crippen LogP contribution < -0.4 is 5.73 Å². The predicted octanol–water partition coefficient (Wildman–Crippen LogP) is 3.65. The number of halogens is 1. The van der Waals surface area contributed by atoms with Crippen LogP contribution in [0.3, 0.4) is 0 Å². The standard InChI is InChI=1S/C23H23ClN6OS/c1-28-7-9-29(10-8-28)13-15-5-6-18-19(11-15)30(14-26-18)23-27-20(21(32-23)22(25)31)16-3-2-4-17(24)12-16/h2-6,11-12,14H,7-10,13H2,1H3,(H2,25,31). The Kier molecular flexibility index (Phi) is 5.69. The van der Waals surface area contributed by atoms with E-state index in [4.69, 9.17) is 22.3 Å². The summed E-state index contributed by atoms with van der Waals surface area (Å²) in [5.74, 6) is -0.510. The van der Waals surface area contributed by atoms with Crippen molar-refractivity contribution in [2.45, 2.75) is 6.54 Å². The molecule has 2 aromatic heterocycles. The minimum Gasteiger partial charge on any atom is -0.365 e. The van der Waals surface area contributed by atoms with Crippen LogP contribution in [0.1, 0.15) is 15.2 Å². The van der Waals surface area contributed by atoms with Gasteiger partial charge in [0, 0.05) is 43.3 Å². The largest absolute Gasteiger partial charge is 0.365 e. The zero-order valence-corrected chi connectivity index (χ0v) is 19.2. The van der Waals surface area contributed by atoms with Gasteiger partial charge in [-0.3, -0.25) is 14.3 Å². The lowest BCUT2D eigenvalue weighted by molar-refractivity contribution is 0.100. The Balaban J connectivity index is 1.52. The molecule has 32 heavy (non-hydrogen) atoms. The highest BCUT2D eigenvalue weighted by Gasteiger charge is 2.20. The number of nitrogens with zero attached hydrogens (tertiary/aromatic N) is 5. The van der Waals surface area contributed by atoms with Crippen molar-refractivity contribution in [1.29, 1.82) is 0 Å². The predicted molar refractivity (Wildman–Crippen MR) is 128 cm³/mol. The highest BCUT2D eigenvalue weighted by Crippen LogP contribution is 2.32. The van der Waals surface area contributed by atoms with Crippen molar-refractivity contribution >= 4 is 39.9 Å². The number of carbonyl (C=O) groups excluding carboxylic acids is 1. The first-order valence-electron chi connectivity index (χ1n) is 10.4. The summed E-state index contributed by atoms with van der Waals surface area (Å²) in [6, 6.07) is 13.6. The molecule has 1 fully saturated rings. The fourth-order valence-corrected chi connectivity index (χ4v) is 5.09. The van der Waals surface area contributed by atoms with Crippen LogP contribution in [0.15, 0.2) is 48.8 Å². The summed E-state index contributed by atoms with van der Waals surface area (Å²) in [6.07, 6.45) is 1.75. The highest BCUT2D eigenvalue weighted by molar-refractivity contribution is 7.16. The number of benzene rings is 2. The van der Waals surface area contributed by atoms with Crippen molar-refractivity contribution in [2.24, 2.45) is 5.73 Å². The van der Waals surface area contributed by atoms with Gasteiger partial charge in [0.2, 0.25) is 0 Å². The Bertz CT molecular complexity index is 1290. The molecule has 164 valence electrons. The van der Waals surface area contributed by atoms with E-state index >= 15 is 0 Å². The van der Waals surface area contributed by atoms with Gasteiger partial charge in [0.1, 0.15) is 11.2 Å². The van der Waals surface area contributed by atoms with Crippen LogP contribution in [0.5, 0.6) is 0 Å². The average molecular weight is 467 g/mol. The quantitative estimate of drug-likeness (QED) is 0.485. The number of hydrogen-bond acceptors (Lipinski definition) is 6. The molecule has 0 spiro atoms. The van der Waals surface area contributed by atoms with E-state index in [0.29, 0.717) is 20.7 Å². The lowest BCUT2D eigenvalue weighted by Crippen LogP contribution is -2.43. The van der Waals surface area contributed by atoms with Gasteiger partial charge < -0.3 is 10.6 Å². The second-order valence-electron chi connectivity index (χ2n) is 8.07. The Morgan fingerprint density at radius 1 is 1.16 bits per heavy atom. The first kappa shape index (κ1) is 21.1. The maximum Gasteiger partial charge on any atom is 0.261 e. The molecule has 1 aliphatic heterocycles. The number of primary amides is 1. The Morgan fingerprint density at radius 2 is 1.97 bits per heavy atom. The summed E-state index contributed by atoms with van der Waals surface area (Å²) in [5.41, 5.74) is 10.0. The summed E-state index contributed by atoms with van der Waals surface area (Å²) in [4.78, 5) is 26.7. The third kappa shape index (κ3) is 4.14. The molecule has 9 heteroatoms. The van der Waals surface area contributed by atoms with Gasteiger partial charge in [-0.25, -0.2) is 9.97 Å². The fourth-order valence-electron chi connectivity index (χ4n) is 3.98. The van der Waals surface area contributed by atoms with Crippen molar-refractivity contribution < 1.29 is 4.79 Å². The number of likely N-dealkylation sites (N-methyl/N-ethyl adjacent to an activating group) is 1. The summed E-state index contributed by atoms with van der Waals surface area (Å²) in [5, 5.41) is 1.22. The molecule has 0 aliphatic carbocycles. The number of fused-ring (bicyclic) bond motifs is 1. The van der Waals surface area contributed by atoms with Crippen molar-refractivity contribution in [2.75, 3.05) is 33.2 Å². The van der Waals surface area contributed by atoms with Crippen LogP contribution in [-0.4, -0.2) is 63.5 Å². The average Bonchev–Trinajstić information content (AvgIpc) is 3.39. The third-order valence-electron chi connectivity index (χ3n) is 5.76. The Labute approximate surface area is 195 Å². The normalized spacial score (nSPS) is 15.4. The van der Waals surface area contributed by atoms with Gasteiger partial charge in [-0.2, -0.15) is 0 Å². The van der Waals surface area contributed by atoms with Crippen molar-refractivity contribution in [3.8, 4) is 16.4 Å². The number of thiazole rings is 1. The van der Waals surface area contributed by atoms with Crippen LogP contribution in [0.25, 0.3) is 27.4 Å². The van der Waals surface area contributed by atoms with Crippen molar-refractivity contribution in [3.05, 3.63) is 64.3 Å². The molecule has 1 aliphatic rings. The summed E-state index contributed by atoms with van der Waals surface area (Å²) >= 11 is 7.42. The van der Waals surface area contributed by atoms with E-state index in [1.807, 2.05) is 22.8 Å². The molecular weight excluding hydrogens is 444 g/mol. The van der Waals surface area contributed by atoms with E-state index < -0.39 is 5.91 Å². The molecule has 0 unspecified atom stereocenters. The monoisotopic (exact) mass is 466 g/mol. The molecule has 0 radical (unpaired) electrons. The van der Waals surface area contributed by atoms with Crippen LogP contribution in [0, 0.1) is 0 Å². The highest BCUT2D eigenvalue weighted by atomic mass is 35.5. The molecule has 4 aromatic rings. The summed E-state index contributed by atoms with van der Waals surface area (Å²) in [6.45, 7) is 5.19. The smallest absolute Gasteiger partial charge is 0.261 e. The number of imidazole rings is 1. The second-order valence-corrected chi connectivity index (χ2v) is 9.48. The SMILES string of the molecule is CN1CCN(Cc2ccc3ncn(-c4nc(-c5cccc(Cl)c5)c(C(N)=O)s4)c3c2)CC1.